The van der Waals surface area contributed by atoms with Gasteiger partial charge in [0.1, 0.15) is 0 Å². The van der Waals surface area contributed by atoms with Crippen molar-refractivity contribution in [2.45, 2.75) is 38.3 Å². The first kappa shape index (κ1) is 24.1. The van der Waals surface area contributed by atoms with E-state index in [1.54, 1.807) is 11.8 Å². The molecule has 2 aliphatic rings. The maximum atomic E-state index is 13.2. The number of fused-ring (bicyclic) bond motifs is 1. The zero-order valence-corrected chi connectivity index (χ0v) is 20.0. The first-order chi connectivity index (χ1) is 16.3. The van der Waals surface area contributed by atoms with E-state index in [2.05, 4.69) is 0 Å². The van der Waals surface area contributed by atoms with Crippen molar-refractivity contribution in [2.24, 2.45) is 5.92 Å². The predicted molar refractivity (Wildman–Crippen MR) is 120 cm³/mol. The Hall–Kier alpha value is -3.05. The van der Waals surface area contributed by atoms with Gasteiger partial charge in [0, 0.05) is 32.1 Å². The third-order valence-electron chi connectivity index (χ3n) is 5.96. The minimum absolute atomic E-state index is 0.000175. The number of nitrogens with zero attached hydrogens (tertiary/aromatic N) is 2. The maximum absolute atomic E-state index is 13.2. The number of sulfonamides is 1. The molecule has 0 N–H and O–H groups in total. The molecule has 1 aromatic carbocycles. The Bertz CT molecular complexity index is 1150. The van der Waals surface area contributed by atoms with Gasteiger partial charge in [0.25, 0.3) is 10.0 Å². The largest absolute Gasteiger partial charge is 0.460 e. The van der Waals surface area contributed by atoms with Crippen LogP contribution in [-0.4, -0.2) is 62.5 Å². The normalized spacial score (nSPS) is 16.4. The molecular formula is C23H28N2O8S. The van der Waals surface area contributed by atoms with E-state index in [9.17, 15) is 18.0 Å². The quantitative estimate of drug-likeness (QED) is 0.517. The summed E-state index contributed by atoms with van der Waals surface area (Å²) in [5.74, 6) is 0.219. The van der Waals surface area contributed by atoms with Crippen LogP contribution >= 0.6 is 0 Å². The summed E-state index contributed by atoms with van der Waals surface area (Å²) in [5, 5.41) is -0.307. The first-order valence-corrected chi connectivity index (χ1v) is 12.7. The van der Waals surface area contributed by atoms with Crippen LogP contribution in [0.2, 0.25) is 0 Å². The van der Waals surface area contributed by atoms with Crippen LogP contribution < -0.4 is 9.47 Å². The number of carbonyl (C=O) groups is 2. The van der Waals surface area contributed by atoms with E-state index in [-0.39, 0.29) is 49.2 Å². The van der Waals surface area contributed by atoms with Gasteiger partial charge in [0.2, 0.25) is 23.6 Å². The van der Waals surface area contributed by atoms with Crippen molar-refractivity contribution in [1.29, 1.82) is 0 Å². The summed E-state index contributed by atoms with van der Waals surface area (Å²) < 4.78 is 48.0. The number of carbonyl (C=O) groups excluding carboxylic acids is 2. The SMILES string of the molecule is CCOC(=O)c1ccc(S(=O)(=O)N2CCC(C(=O)N(CC)Cc3ccc4c(c3)OCO4)CC2)o1. The third kappa shape index (κ3) is 4.90. The smallest absolute Gasteiger partial charge is 0.374 e. The number of hydrogen-bond donors (Lipinski definition) is 0. The zero-order valence-electron chi connectivity index (χ0n) is 19.2. The predicted octanol–water partition coefficient (Wildman–Crippen LogP) is 2.63. The van der Waals surface area contributed by atoms with Crippen LogP contribution in [-0.2, 0) is 26.1 Å². The number of hydrogen-bond acceptors (Lipinski definition) is 8. The molecule has 2 aliphatic heterocycles. The molecular weight excluding hydrogens is 464 g/mol. The average molecular weight is 493 g/mol. The summed E-state index contributed by atoms with van der Waals surface area (Å²) in [6.07, 6.45) is 0.808. The Morgan fingerprint density at radius 1 is 1.09 bits per heavy atom. The number of piperidine rings is 1. The van der Waals surface area contributed by atoms with Crippen LogP contribution in [0.3, 0.4) is 0 Å². The monoisotopic (exact) mass is 492 g/mol. The number of ether oxygens (including phenoxy) is 3. The molecule has 34 heavy (non-hydrogen) atoms. The molecule has 1 fully saturated rings. The standard InChI is InChI=1S/C23H28N2O8S/c1-3-24(14-16-5-6-18-20(13-16)32-15-31-18)22(26)17-9-11-25(12-10-17)34(28,29)21-8-7-19(33-21)23(27)30-4-2/h5-8,13,17H,3-4,9-12,14-15H2,1-2H3. The minimum atomic E-state index is -3.91. The molecule has 10 nitrogen and oxygen atoms in total. The second kappa shape index (κ2) is 10.1. The van der Waals surface area contributed by atoms with Crippen molar-refractivity contribution in [2.75, 3.05) is 33.0 Å². The van der Waals surface area contributed by atoms with Crippen molar-refractivity contribution in [1.82, 2.24) is 9.21 Å². The molecule has 0 unspecified atom stereocenters. The fourth-order valence-electron chi connectivity index (χ4n) is 4.10. The molecule has 1 amide bonds. The van der Waals surface area contributed by atoms with Crippen LogP contribution in [0.25, 0.3) is 0 Å². The van der Waals surface area contributed by atoms with Gasteiger partial charge in [0.15, 0.2) is 11.5 Å². The molecule has 1 aromatic heterocycles. The average Bonchev–Trinajstić information content (AvgIpc) is 3.52. The second-order valence-corrected chi connectivity index (χ2v) is 9.93. The van der Waals surface area contributed by atoms with E-state index in [0.717, 1.165) is 5.56 Å². The topological polar surface area (TPSA) is 116 Å². The molecule has 0 bridgehead atoms. The Balaban J connectivity index is 1.36. The third-order valence-corrected chi connectivity index (χ3v) is 7.73. The Morgan fingerprint density at radius 3 is 2.53 bits per heavy atom. The van der Waals surface area contributed by atoms with Crippen LogP contribution in [0.4, 0.5) is 0 Å². The molecule has 0 aliphatic carbocycles. The lowest BCUT2D eigenvalue weighted by molar-refractivity contribution is -0.137. The molecule has 0 spiro atoms. The van der Waals surface area contributed by atoms with E-state index < -0.39 is 16.0 Å². The van der Waals surface area contributed by atoms with Gasteiger partial charge in [-0.15, -0.1) is 0 Å². The van der Waals surface area contributed by atoms with Crippen LogP contribution in [0.1, 0.15) is 42.8 Å². The molecule has 4 rings (SSSR count). The van der Waals surface area contributed by atoms with E-state index in [0.29, 0.717) is 37.4 Å². The van der Waals surface area contributed by atoms with Gasteiger partial charge >= 0.3 is 5.97 Å². The number of furan rings is 1. The number of rotatable bonds is 8. The molecule has 184 valence electrons. The highest BCUT2D eigenvalue weighted by molar-refractivity contribution is 7.89. The van der Waals surface area contributed by atoms with Crippen LogP contribution in [0.5, 0.6) is 11.5 Å². The van der Waals surface area contributed by atoms with Gasteiger partial charge in [0.05, 0.1) is 6.61 Å². The number of benzene rings is 1. The molecule has 1 saturated heterocycles. The van der Waals surface area contributed by atoms with Crippen LogP contribution in [0.15, 0.2) is 39.8 Å². The fraction of sp³-hybridized carbons (Fsp3) is 0.478. The minimum Gasteiger partial charge on any atom is -0.460 e. The molecule has 0 atom stereocenters. The van der Waals surface area contributed by atoms with E-state index in [1.165, 1.54) is 16.4 Å². The highest BCUT2D eigenvalue weighted by Gasteiger charge is 2.35. The lowest BCUT2D eigenvalue weighted by atomic mass is 9.96. The molecule has 0 saturated carbocycles. The van der Waals surface area contributed by atoms with Crippen molar-refractivity contribution in [3.05, 3.63) is 41.7 Å². The van der Waals surface area contributed by atoms with Crippen molar-refractivity contribution in [3.63, 3.8) is 0 Å². The fourth-order valence-corrected chi connectivity index (χ4v) is 5.49. The summed E-state index contributed by atoms with van der Waals surface area (Å²) in [4.78, 5) is 26.7. The lowest BCUT2D eigenvalue weighted by Crippen LogP contribution is -2.44. The highest BCUT2D eigenvalue weighted by atomic mass is 32.2. The summed E-state index contributed by atoms with van der Waals surface area (Å²) in [6, 6.07) is 8.16. The second-order valence-electron chi connectivity index (χ2n) is 8.06. The summed E-state index contributed by atoms with van der Waals surface area (Å²) in [7, 11) is -3.91. The molecule has 11 heteroatoms. The van der Waals surface area contributed by atoms with Gasteiger partial charge in [-0.2, -0.15) is 4.31 Å². The first-order valence-electron chi connectivity index (χ1n) is 11.3. The van der Waals surface area contributed by atoms with E-state index in [4.69, 9.17) is 18.6 Å². The Kier molecular flexibility index (Phi) is 7.13. The van der Waals surface area contributed by atoms with Crippen molar-refractivity contribution < 1.29 is 36.6 Å². The summed E-state index contributed by atoms with van der Waals surface area (Å²) >= 11 is 0. The summed E-state index contributed by atoms with van der Waals surface area (Å²) in [6.45, 7) is 5.28. The van der Waals surface area contributed by atoms with Crippen molar-refractivity contribution in [3.8, 4) is 11.5 Å². The highest BCUT2D eigenvalue weighted by Crippen LogP contribution is 2.33. The molecule has 3 heterocycles. The van der Waals surface area contributed by atoms with Crippen molar-refractivity contribution >= 4 is 21.9 Å². The molecule has 0 radical (unpaired) electrons. The van der Waals surface area contributed by atoms with Gasteiger partial charge in [-0.3, -0.25) is 4.79 Å². The number of amides is 1. The van der Waals surface area contributed by atoms with E-state index in [1.807, 2.05) is 25.1 Å². The van der Waals surface area contributed by atoms with Gasteiger partial charge in [-0.1, -0.05) is 6.07 Å². The Morgan fingerprint density at radius 2 is 1.82 bits per heavy atom. The maximum Gasteiger partial charge on any atom is 0.374 e. The van der Waals surface area contributed by atoms with Gasteiger partial charge in [-0.05, 0) is 56.5 Å². The summed E-state index contributed by atoms with van der Waals surface area (Å²) in [5.41, 5.74) is 0.940. The van der Waals surface area contributed by atoms with Crippen LogP contribution in [0, 0.1) is 5.92 Å². The Labute approximate surface area is 198 Å². The van der Waals surface area contributed by atoms with Gasteiger partial charge in [-0.25, -0.2) is 13.2 Å². The number of esters is 1. The van der Waals surface area contributed by atoms with Gasteiger partial charge < -0.3 is 23.5 Å². The molecule has 2 aromatic rings. The zero-order chi connectivity index (χ0) is 24.3. The lowest BCUT2D eigenvalue weighted by Gasteiger charge is -2.33. The van der Waals surface area contributed by atoms with E-state index >= 15 is 0 Å².